The molecular formula is C15H17NO3. The molecule has 1 fully saturated rings. The molecule has 2 aliphatic heterocycles. The number of benzene rings is 1. The maximum absolute atomic E-state index is 12.2. The van der Waals surface area contributed by atoms with E-state index in [1.807, 2.05) is 37.4 Å². The van der Waals surface area contributed by atoms with Crippen LogP contribution < -0.4 is 4.74 Å². The van der Waals surface area contributed by atoms with Crippen LogP contribution in [-0.4, -0.2) is 31.1 Å². The van der Waals surface area contributed by atoms with Gasteiger partial charge in [0.1, 0.15) is 5.75 Å². The number of ether oxygens (including phenoxy) is 2. The van der Waals surface area contributed by atoms with Gasteiger partial charge in [0, 0.05) is 13.0 Å². The molecule has 3 rings (SSSR count). The van der Waals surface area contributed by atoms with E-state index in [1.165, 1.54) is 0 Å². The zero-order chi connectivity index (χ0) is 13.4. The van der Waals surface area contributed by atoms with Gasteiger partial charge in [-0.2, -0.15) is 0 Å². The highest BCUT2D eigenvalue weighted by atomic mass is 16.5. The molecule has 0 aromatic heterocycles. The molecule has 3 atom stereocenters. The predicted octanol–water partition coefficient (Wildman–Crippen LogP) is 2.13. The van der Waals surface area contributed by atoms with Crippen molar-refractivity contribution in [3.05, 3.63) is 42.2 Å². The molecule has 1 aromatic rings. The number of likely N-dealkylation sites (N-methyl/N-ethyl adjacent to an activating group) is 1. The van der Waals surface area contributed by atoms with Gasteiger partial charge in [0.05, 0.1) is 19.4 Å². The highest BCUT2D eigenvalue weighted by molar-refractivity contribution is 5.83. The molecule has 1 aromatic carbocycles. The number of piperidine rings is 1. The van der Waals surface area contributed by atoms with Crippen molar-refractivity contribution in [2.24, 2.45) is 5.92 Å². The van der Waals surface area contributed by atoms with E-state index < -0.39 is 0 Å². The highest BCUT2D eigenvalue weighted by Crippen LogP contribution is 2.38. The van der Waals surface area contributed by atoms with Crippen LogP contribution in [0.15, 0.2) is 36.6 Å². The first-order chi connectivity index (χ1) is 9.20. The number of carbonyl (C=O) groups excluding carboxylic acids is 1. The normalized spacial score (nSPS) is 29.1. The van der Waals surface area contributed by atoms with Crippen molar-refractivity contribution in [2.45, 2.75) is 18.6 Å². The molecule has 0 bridgehead atoms. The van der Waals surface area contributed by atoms with Crippen molar-refractivity contribution < 1.29 is 14.3 Å². The highest BCUT2D eigenvalue weighted by Gasteiger charge is 2.42. The number of carbonyl (C=O) groups is 1. The average Bonchev–Trinajstić information content (AvgIpc) is 2.91. The minimum absolute atomic E-state index is 0.0575. The number of nitrogens with zero attached hydrogens (tertiary/aromatic N) is 1. The summed E-state index contributed by atoms with van der Waals surface area (Å²) in [5.41, 5.74) is 1.13. The van der Waals surface area contributed by atoms with Crippen LogP contribution in [0.5, 0.6) is 5.75 Å². The summed E-state index contributed by atoms with van der Waals surface area (Å²) in [6, 6.07) is 8.01. The number of likely N-dealkylation sites (tertiary alicyclic amines) is 1. The van der Waals surface area contributed by atoms with Gasteiger partial charge in [0.15, 0.2) is 6.10 Å². The summed E-state index contributed by atoms with van der Waals surface area (Å²) >= 11 is 0. The molecule has 1 saturated heterocycles. The second-order valence-electron chi connectivity index (χ2n) is 5.02. The van der Waals surface area contributed by atoms with Crippen molar-refractivity contribution in [1.82, 2.24) is 4.90 Å². The van der Waals surface area contributed by atoms with Crippen molar-refractivity contribution in [2.75, 3.05) is 14.2 Å². The number of hydrogen-bond donors (Lipinski definition) is 0. The van der Waals surface area contributed by atoms with Crippen LogP contribution in [-0.2, 0) is 9.53 Å². The van der Waals surface area contributed by atoms with Crippen LogP contribution in [0.2, 0.25) is 0 Å². The number of fused-ring (bicyclic) bond motifs is 1. The van der Waals surface area contributed by atoms with Gasteiger partial charge in [-0.1, -0.05) is 12.1 Å². The Bertz CT molecular complexity index is 509. The van der Waals surface area contributed by atoms with E-state index in [0.717, 1.165) is 17.7 Å². The lowest BCUT2D eigenvalue weighted by Gasteiger charge is -2.38. The minimum atomic E-state index is -0.320. The van der Waals surface area contributed by atoms with Crippen molar-refractivity contribution in [3.8, 4) is 5.75 Å². The monoisotopic (exact) mass is 259 g/mol. The molecule has 0 N–H and O–H groups in total. The zero-order valence-electron chi connectivity index (χ0n) is 11.1. The van der Waals surface area contributed by atoms with Crippen LogP contribution in [0, 0.1) is 5.92 Å². The Morgan fingerprint density at radius 3 is 2.74 bits per heavy atom. The van der Waals surface area contributed by atoms with E-state index in [1.54, 1.807) is 18.3 Å². The van der Waals surface area contributed by atoms with E-state index in [-0.39, 0.29) is 24.0 Å². The molecule has 19 heavy (non-hydrogen) atoms. The van der Waals surface area contributed by atoms with Gasteiger partial charge in [0.25, 0.3) is 5.91 Å². The summed E-state index contributed by atoms with van der Waals surface area (Å²) in [5.74, 6) is 1.08. The van der Waals surface area contributed by atoms with Gasteiger partial charge in [-0.3, -0.25) is 4.79 Å². The fourth-order valence-electron chi connectivity index (χ4n) is 2.83. The van der Waals surface area contributed by atoms with Crippen molar-refractivity contribution in [1.29, 1.82) is 0 Å². The smallest absolute Gasteiger partial charge is 0.264 e. The summed E-state index contributed by atoms with van der Waals surface area (Å²) in [6.45, 7) is 0. The Labute approximate surface area is 112 Å². The molecule has 100 valence electrons. The molecule has 4 heteroatoms. The van der Waals surface area contributed by atoms with Crippen LogP contribution in [0.25, 0.3) is 0 Å². The molecule has 0 radical (unpaired) electrons. The third-order valence-corrected chi connectivity index (χ3v) is 3.99. The molecular weight excluding hydrogens is 242 g/mol. The molecule has 3 unspecified atom stereocenters. The molecule has 0 aliphatic carbocycles. The second kappa shape index (κ2) is 4.61. The average molecular weight is 259 g/mol. The van der Waals surface area contributed by atoms with Gasteiger partial charge < -0.3 is 14.4 Å². The molecule has 4 nitrogen and oxygen atoms in total. The summed E-state index contributed by atoms with van der Waals surface area (Å²) in [7, 11) is 3.49. The fourth-order valence-corrected chi connectivity index (χ4v) is 2.83. The molecule has 0 spiro atoms. The third kappa shape index (κ3) is 1.97. The lowest BCUT2D eigenvalue weighted by Crippen LogP contribution is -2.47. The zero-order valence-corrected chi connectivity index (χ0v) is 11.1. The third-order valence-electron chi connectivity index (χ3n) is 3.99. The number of rotatable bonds is 2. The quantitative estimate of drug-likeness (QED) is 0.816. The van der Waals surface area contributed by atoms with Crippen LogP contribution in [0.1, 0.15) is 18.0 Å². The number of hydrogen-bond acceptors (Lipinski definition) is 3. The lowest BCUT2D eigenvalue weighted by atomic mass is 9.86. The van der Waals surface area contributed by atoms with Crippen molar-refractivity contribution in [3.63, 3.8) is 0 Å². The summed E-state index contributed by atoms with van der Waals surface area (Å²) < 4.78 is 10.5. The first-order valence-corrected chi connectivity index (χ1v) is 6.43. The van der Waals surface area contributed by atoms with Crippen molar-refractivity contribution >= 4 is 5.91 Å². The predicted molar refractivity (Wildman–Crippen MR) is 70.6 cm³/mol. The SMILES string of the molecule is COc1ccc(C2CC3C=COC3C(=O)N2C)cc1. The molecule has 2 aliphatic rings. The standard InChI is InChI=1S/C15H17NO3/c1-16-13(10-3-5-12(18-2)6-4-10)9-11-7-8-19-14(11)15(16)17/h3-8,11,13-14H,9H2,1-2H3. The first-order valence-electron chi connectivity index (χ1n) is 6.43. The second-order valence-corrected chi connectivity index (χ2v) is 5.02. The summed E-state index contributed by atoms with van der Waals surface area (Å²) in [6.07, 6.45) is 4.22. The first kappa shape index (κ1) is 12.1. The van der Waals surface area contributed by atoms with Crippen LogP contribution in [0.3, 0.4) is 0 Å². The maximum Gasteiger partial charge on any atom is 0.264 e. The molecule has 0 saturated carbocycles. The summed E-state index contributed by atoms with van der Waals surface area (Å²) in [4.78, 5) is 14.0. The number of methoxy groups -OCH3 is 1. The fraction of sp³-hybridized carbons (Fsp3) is 0.400. The van der Waals surface area contributed by atoms with E-state index in [4.69, 9.17) is 9.47 Å². The number of amides is 1. The summed E-state index contributed by atoms with van der Waals surface area (Å²) in [5, 5.41) is 0. The topological polar surface area (TPSA) is 38.8 Å². The maximum atomic E-state index is 12.2. The Morgan fingerprint density at radius 2 is 2.05 bits per heavy atom. The van der Waals surface area contributed by atoms with Gasteiger partial charge in [-0.25, -0.2) is 0 Å². The van der Waals surface area contributed by atoms with Gasteiger partial charge >= 0.3 is 0 Å². The molecule has 1 amide bonds. The van der Waals surface area contributed by atoms with Crippen LogP contribution in [0.4, 0.5) is 0 Å². The van der Waals surface area contributed by atoms with Gasteiger partial charge in [-0.15, -0.1) is 0 Å². The lowest BCUT2D eigenvalue weighted by molar-refractivity contribution is -0.147. The van der Waals surface area contributed by atoms with E-state index >= 15 is 0 Å². The van der Waals surface area contributed by atoms with Gasteiger partial charge in [-0.05, 0) is 30.2 Å². The van der Waals surface area contributed by atoms with Crippen LogP contribution >= 0.6 is 0 Å². The molecule has 2 heterocycles. The van der Waals surface area contributed by atoms with E-state index in [9.17, 15) is 4.79 Å². The van der Waals surface area contributed by atoms with Gasteiger partial charge in [0.2, 0.25) is 0 Å². The Balaban J connectivity index is 1.86. The Hall–Kier alpha value is -1.97. The Morgan fingerprint density at radius 1 is 1.32 bits per heavy atom. The minimum Gasteiger partial charge on any atom is -0.497 e. The largest absolute Gasteiger partial charge is 0.497 e. The Kier molecular flexibility index (Phi) is 2.93. The van der Waals surface area contributed by atoms with E-state index in [0.29, 0.717) is 0 Å². The van der Waals surface area contributed by atoms with E-state index in [2.05, 4.69) is 0 Å².